The fourth-order valence-electron chi connectivity index (χ4n) is 3.12. The summed E-state index contributed by atoms with van der Waals surface area (Å²) in [6.45, 7) is 5.44. The Bertz CT molecular complexity index is 369. The minimum atomic E-state index is -3.07. The van der Waals surface area contributed by atoms with Gasteiger partial charge in [0.25, 0.3) is 0 Å². The van der Waals surface area contributed by atoms with Crippen LogP contribution in [0.5, 0.6) is 0 Å². The number of rotatable bonds is 3. The van der Waals surface area contributed by atoms with Crippen LogP contribution in [-0.2, 0) is 10.0 Å². The van der Waals surface area contributed by atoms with Crippen LogP contribution in [0.2, 0.25) is 0 Å². The molecule has 0 aromatic carbocycles. The van der Waals surface area contributed by atoms with Crippen molar-refractivity contribution in [2.75, 3.05) is 18.8 Å². The van der Waals surface area contributed by atoms with Crippen molar-refractivity contribution in [2.24, 2.45) is 5.92 Å². The van der Waals surface area contributed by atoms with Gasteiger partial charge in [-0.25, -0.2) is 8.42 Å². The predicted molar refractivity (Wildman–Crippen MR) is 81.2 cm³/mol. The van der Waals surface area contributed by atoms with Gasteiger partial charge in [-0.05, 0) is 32.6 Å². The highest BCUT2D eigenvalue weighted by atomic mass is 35.5. The van der Waals surface area contributed by atoms with E-state index in [1.807, 2.05) is 6.92 Å². The summed E-state index contributed by atoms with van der Waals surface area (Å²) in [5.74, 6) is 0.755. The van der Waals surface area contributed by atoms with Gasteiger partial charge in [-0.15, -0.1) is 12.4 Å². The van der Waals surface area contributed by atoms with E-state index in [0.717, 1.165) is 19.4 Å². The third-order valence-electron chi connectivity index (χ3n) is 4.24. The Morgan fingerprint density at radius 1 is 1.16 bits per heavy atom. The van der Waals surface area contributed by atoms with Crippen molar-refractivity contribution in [1.29, 1.82) is 0 Å². The first-order valence-electron chi connectivity index (χ1n) is 7.22. The summed E-state index contributed by atoms with van der Waals surface area (Å²) in [7, 11) is -3.07. The molecule has 19 heavy (non-hydrogen) atoms. The van der Waals surface area contributed by atoms with Gasteiger partial charge in [-0.1, -0.05) is 19.3 Å². The molecule has 114 valence electrons. The van der Waals surface area contributed by atoms with Crippen molar-refractivity contribution in [2.45, 2.75) is 58.0 Å². The van der Waals surface area contributed by atoms with E-state index in [1.165, 1.54) is 19.3 Å². The molecule has 1 heterocycles. The van der Waals surface area contributed by atoms with Crippen LogP contribution in [0, 0.1) is 5.92 Å². The number of hydrogen-bond acceptors (Lipinski definition) is 3. The summed E-state index contributed by atoms with van der Waals surface area (Å²) in [6.07, 6.45) is 5.86. The van der Waals surface area contributed by atoms with Crippen molar-refractivity contribution < 1.29 is 8.42 Å². The maximum absolute atomic E-state index is 12.5. The summed E-state index contributed by atoms with van der Waals surface area (Å²) in [5.41, 5.74) is 0. The molecular formula is C13H27ClN2O2S. The van der Waals surface area contributed by atoms with Crippen LogP contribution >= 0.6 is 12.4 Å². The second-order valence-corrected chi connectivity index (χ2v) is 7.98. The van der Waals surface area contributed by atoms with E-state index in [0.29, 0.717) is 18.2 Å². The molecule has 2 aliphatic rings. The average Bonchev–Trinajstić information content (AvgIpc) is 2.33. The number of hydrogen-bond donors (Lipinski definition) is 1. The minimum Gasteiger partial charge on any atom is -0.311 e. The maximum Gasteiger partial charge on any atom is 0.214 e. The maximum atomic E-state index is 12.5. The molecule has 0 amide bonds. The van der Waals surface area contributed by atoms with Crippen LogP contribution in [0.15, 0.2) is 0 Å². The smallest absolute Gasteiger partial charge is 0.214 e. The van der Waals surface area contributed by atoms with Gasteiger partial charge in [0.2, 0.25) is 10.0 Å². The van der Waals surface area contributed by atoms with Gasteiger partial charge in [0, 0.05) is 25.2 Å². The second-order valence-electron chi connectivity index (χ2n) is 6.01. The highest BCUT2D eigenvalue weighted by Gasteiger charge is 2.33. The Morgan fingerprint density at radius 2 is 1.79 bits per heavy atom. The zero-order chi connectivity index (χ0) is 13.2. The van der Waals surface area contributed by atoms with Crippen molar-refractivity contribution >= 4 is 22.4 Å². The van der Waals surface area contributed by atoms with E-state index in [9.17, 15) is 8.42 Å². The summed E-state index contributed by atoms with van der Waals surface area (Å²) in [6, 6.07) is 0.358. The standard InChI is InChI=1S/C13H26N2O2S.ClH/c1-11-9-15(12(2)8-14-11)18(16,17)10-13-6-4-3-5-7-13;/h11-14H,3-10H2,1-2H3;1H. The molecule has 2 rings (SSSR count). The van der Waals surface area contributed by atoms with E-state index in [2.05, 4.69) is 12.2 Å². The molecular weight excluding hydrogens is 284 g/mol. The molecule has 1 saturated heterocycles. The molecule has 1 saturated carbocycles. The Labute approximate surface area is 123 Å². The number of halogens is 1. The predicted octanol–water partition coefficient (Wildman–Crippen LogP) is 2.00. The Balaban J connectivity index is 0.00000180. The van der Waals surface area contributed by atoms with Crippen molar-refractivity contribution in [1.82, 2.24) is 9.62 Å². The van der Waals surface area contributed by atoms with Crippen molar-refractivity contribution in [3.05, 3.63) is 0 Å². The van der Waals surface area contributed by atoms with Gasteiger partial charge in [-0.2, -0.15) is 4.31 Å². The molecule has 0 spiro atoms. The molecule has 6 heteroatoms. The summed E-state index contributed by atoms with van der Waals surface area (Å²) >= 11 is 0. The van der Waals surface area contributed by atoms with Crippen LogP contribution in [0.1, 0.15) is 46.0 Å². The highest BCUT2D eigenvalue weighted by Crippen LogP contribution is 2.26. The normalized spacial score (nSPS) is 30.8. The van der Waals surface area contributed by atoms with Gasteiger partial charge in [-0.3, -0.25) is 0 Å². The Hall–Kier alpha value is 0.160. The Morgan fingerprint density at radius 3 is 2.42 bits per heavy atom. The van der Waals surface area contributed by atoms with E-state index < -0.39 is 10.0 Å². The lowest BCUT2D eigenvalue weighted by Crippen LogP contribution is -2.56. The molecule has 1 aliphatic carbocycles. The minimum absolute atomic E-state index is 0. The Kier molecular flexibility index (Phi) is 6.57. The number of nitrogens with one attached hydrogen (secondary N) is 1. The molecule has 0 radical (unpaired) electrons. The molecule has 2 unspecified atom stereocenters. The first kappa shape index (κ1) is 17.2. The van der Waals surface area contributed by atoms with Gasteiger partial charge >= 0.3 is 0 Å². The molecule has 2 atom stereocenters. The molecule has 0 aromatic heterocycles. The zero-order valence-corrected chi connectivity index (χ0v) is 13.6. The SMILES string of the molecule is CC1CN(S(=O)(=O)CC2CCCCC2)C(C)CN1.Cl. The average molecular weight is 311 g/mol. The van der Waals surface area contributed by atoms with Gasteiger partial charge in [0.1, 0.15) is 0 Å². The van der Waals surface area contributed by atoms with Gasteiger partial charge in [0.05, 0.1) is 5.75 Å². The third-order valence-corrected chi connectivity index (χ3v) is 6.35. The topological polar surface area (TPSA) is 49.4 Å². The largest absolute Gasteiger partial charge is 0.311 e. The molecule has 1 N–H and O–H groups in total. The fraction of sp³-hybridized carbons (Fsp3) is 1.00. The van der Waals surface area contributed by atoms with Crippen LogP contribution in [0.25, 0.3) is 0 Å². The highest BCUT2D eigenvalue weighted by molar-refractivity contribution is 7.89. The monoisotopic (exact) mass is 310 g/mol. The summed E-state index contributed by atoms with van der Waals surface area (Å²) in [5, 5.41) is 3.33. The number of piperazine rings is 1. The van der Waals surface area contributed by atoms with Crippen LogP contribution < -0.4 is 5.32 Å². The van der Waals surface area contributed by atoms with E-state index >= 15 is 0 Å². The van der Waals surface area contributed by atoms with E-state index in [1.54, 1.807) is 4.31 Å². The molecule has 2 fully saturated rings. The van der Waals surface area contributed by atoms with Gasteiger partial charge in [0.15, 0.2) is 0 Å². The second kappa shape index (κ2) is 7.25. The first-order chi connectivity index (χ1) is 8.49. The lowest BCUT2D eigenvalue weighted by atomic mass is 9.91. The lowest BCUT2D eigenvalue weighted by molar-refractivity contribution is 0.242. The van der Waals surface area contributed by atoms with E-state index in [-0.39, 0.29) is 24.5 Å². The quantitative estimate of drug-likeness (QED) is 0.867. The van der Waals surface area contributed by atoms with Crippen LogP contribution in [0.3, 0.4) is 0 Å². The third kappa shape index (κ3) is 4.59. The van der Waals surface area contributed by atoms with Crippen molar-refractivity contribution in [3.8, 4) is 0 Å². The lowest BCUT2D eigenvalue weighted by Gasteiger charge is -2.37. The van der Waals surface area contributed by atoms with Gasteiger partial charge < -0.3 is 5.32 Å². The molecule has 0 aromatic rings. The molecule has 1 aliphatic heterocycles. The summed E-state index contributed by atoms with van der Waals surface area (Å²) < 4.78 is 26.7. The van der Waals surface area contributed by atoms with Crippen LogP contribution in [0.4, 0.5) is 0 Å². The number of nitrogens with zero attached hydrogens (tertiary/aromatic N) is 1. The molecule has 0 bridgehead atoms. The first-order valence-corrected chi connectivity index (χ1v) is 8.83. The van der Waals surface area contributed by atoms with E-state index in [4.69, 9.17) is 0 Å². The van der Waals surface area contributed by atoms with Crippen molar-refractivity contribution in [3.63, 3.8) is 0 Å². The zero-order valence-electron chi connectivity index (χ0n) is 12.0. The summed E-state index contributed by atoms with van der Waals surface area (Å²) in [4.78, 5) is 0. The van der Waals surface area contributed by atoms with Crippen LogP contribution in [-0.4, -0.2) is 43.6 Å². The number of sulfonamides is 1. The molecule has 4 nitrogen and oxygen atoms in total. The fourth-order valence-corrected chi connectivity index (χ4v) is 5.32.